The third-order valence-corrected chi connectivity index (χ3v) is 7.40. The Kier molecular flexibility index (Phi) is 8.34. The maximum Gasteiger partial charge on any atom is 0.293 e. The maximum atomic E-state index is 13.0. The van der Waals surface area contributed by atoms with Crippen molar-refractivity contribution in [1.82, 2.24) is 4.90 Å². The number of rotatable bonds is 7. The van der Waals surface area contributed by atoms with Gasteiger partial charge in [-0.1, -0.05) is 53.0 Å². The number of nitrogens with zero attached hydrogens (tertiary/aromatic N) is 1. The average Bonchev–Trinajstić information content (AvgIpc) is 3.08. The van der Waals surface area contributed by atoms with E-state index in [9.17, 15) is 9.59 Å². The highest BCUT2D eigenvalue weighted by Crippen LogP contribution is 2.40. The molecule has 0 radical (unpaired) electrons. The van der Waals surface area contributed by atoms with E-state index in [1.165, 1.54) is 7.11 Å². The maximum absolute atomic E-state index is 13.0. The predicted molar refractivity (Wildman–Crippen MR) is 144 cm³/mol. The van der Waals surface area contributed by atoms with Crippen molar-refractivity contribution in [1.29, 1.82) is 0 Å². The molecule has 5 nitrogen and oxygen atoms in total. The molecular weight excluding hydrogens is 597 g/mol. The molecule has 1 aliphatic heterocycles. The van der Waals surface area contributed by atoms with Crippen LogP contribution in [0.5, 0.6) is 11.5 Å². The monoisotopic (exact) mass is 611 g/mol. The first kappa shape index (κ1) is 25.9. The number of benzene rings is 3. The summed E-state index contributed by atoms with van der Waals surface area (Å²) in [5, 5.41) is 1.15. The van der Waals surface area contributed by atoms with Crippen LogP contribution in [0.15, 0.2) is 64.0 Å². The lowest BCUT2D eigenvalue weighted by Gasteiger charge is -2.14. The van der Waals surface area contributed by atoms with Crippen molar-refractivity contribution in [2.24, 2.45) is 0 Å². The summed E-state index contributed by atoms with van der Waals surface area (Å²) in [5.41, 5.74) is 2.25. The van der Waals surface area contributed by atoms with Crippen molar-refractivity contribution in [3.8, 4) is 11.5 Å². The van der Waals surface area contributed by atoms with Gasteiger partial charge in [0.05, 0.1) is 23.0 Å². The lowest BCUT2D eigenvalue weighted by Crippen LogP contribution is -2.27. The summed E-state index contributed by atoms with van der Waals surface area (Å²) >= 11 is 22.5. The van der Waals surface area contributed by atoms with Gasteiger partial charge in [-0.2, -0.15) is 0 Å². The summed E-state index contributed by atoms with van der Waals surface area (Å²) in [7, 11) is 1.53. The number of carbonyl (C=O) groups excluding carboxylic acids is 2. The van der Waals surface area contributed by atoms with Crippen LogP contribution in [-0.2, 0) is 17.9 Å². The largest absolute Gasteiger partial charge is 0.493 e. The minimum atomic E-state index is -0.399. The molecule has 1 heterocycles. The second kappa shape index (κ2) is 11.3. The molecule has 35 heavy (non-hydrogen) atoms. The molecule has 1 fully saturated rings. The second-order valence-corrected chi connectivity index (χ2v) is 10.6. The molecule has 3 aromatic carbocycles. The molecular formula is C25H17BrCl3NO4S. The van der Waals surface area contributed by atoms with Crippen LogP contribution in [0, 0.1) is 0 Å². The fourth-order valence-corrected chi connectivity index (χ4v) is 5.31. The predicted octanol–water partition coefficient (Wildman–Crippen LogP) is 8.23. The Bertz CT molecular complexity index is 1330. The molecule has 0 aromatic heterocycles. The van der Waals surface area contributed by atoms with E-state index in [0.29, 0.717) is 53.7 Å². The highest BCUT2D eigenvalue weighted by Gasteiger charge is 2.35. The van der Waals surface area contributed by atoms with Crippen molar-refractivity contribution in [2.75, 3.05) is 7.11 Å². The number of hydrogen-bond donors (Lipinski definition) is 0. The quantitative estimate of drug-likeness (QED) is 0.251. The van der Waals surface area contributed by atoms with E-state index < -0.39 is 5.91 Å². The van der Waals surface area contributed by atoms with E-state index in [4.69, 9.17) is 44.3 Å². The van der Waals surface area contributed by atoms with Crippen molar-refractivity contribution < 1.29 is 19.1 Å². The van der Waals surface area contributed by atoms with Crippen LogP contribution in [0.1, 0.15) is 16.7 Å². The number of amides is 2. The first-order valence-electron chi connectivity index (χ1n) is 10.2. The minimum absolute atomic E-state index is 0.0580. The fourth-order valence-electron chi connectivity index (χ4n) is 3.31. The number of carbonyl (C=O) groups is 2. The second-order valence-electron chi connectivity index (χ2n) is 7.45. The highest BCUT2D eigenvalue weighted by atomic mass is 79.9. The third kappa shape index (κ3) is 6.16. The molecule has 180 valence electrons. The van der Waals surface area contributed by atoms with Crippen molar-refractivity contribution in [3.05, 3.63) is 95.7 Å². The third-order valence-electron chi connectivity index (χ3n) is 5.06. The SMILES string of the molecule is COc1cc(/C=C2/SC(=O)N(Cc3ccc(Cl)cc3Cl)C2=O)cc(Br)c1OCc1ccc(Cl)cc1. The van der Waals surface area contributed by atoms with Crippen LogP contribution < -0.4 is 9.47 Å². The molecule has 1 saturated heterocycles. The summed E-state index contributed by atoms with van der Waals surface area (Å²) in [6.45, 7) is 0.375. The van der Waals surface area contributed by atoms with Crippen LogP contribution in [0.2, 0.25) is 15.1 Å². The molecule has 0 aliphatic carbocycles. The van der Waals surface area contributed by atoms with E-state index in [-0.39, 0.29) is 11.8 Å². The van der Waals surface area contributed by atoms with Crippen LogP contribution in [0.3, 0.4) is 0 Å². The van der Waals surface area contributed by atoms with Crippen molar-refractivity contribution in [2.45, 2.75) is 13.2 Å². The zero-order valence-corrected chi connectivity index (χ0v) is 22.9. The molecule has 0 atom stereocenters. The highest BCUT2D eigenvalue weighted by molar-refractivity contribution is 9.10. The van der Waals surface area contributed by atoms with Gasteiger partial charge in [-0.05, 0) is 86.9 Å². The van der Waals surface area contributed by atoms with Gasteiger partial charge in [-0.25, -0.2) is 0 Å². The van der Waals surface area contributed by atoms with Crippen LogP contribution in [0.25, 0.3) is 6.08 Å². The van der Waals surface area contributed by atoms with Crippen LogP contribution >= 0.6 is 62.5 Å². The van der Waals surface area contributed by atoms with E-state index in [1.807, 2.05) is 12.1 Å². The molecule has 3 aromatic rings. The Morgan fingerprint density at radius 3 is 2.40 bits per heavy atom. The van der Waals surface area contributed by atoms with Gasteiger partial charge in [0.25, 0.3) is 11.1 Å². The molecule has 2 amide bonds. The van der Waals surface area contributed by atoms with Crippen LogP contribution in [-0.4, -0.2) is 23.2 Å². The van der Waals surface area contributed by atoms with Crippen LogP contribution in [0.4, 0.5) is 4.79 Å². The number of imide groups is 1. The Balaban J connectivity index is 1.53. The van der Waals surface area contributed by atoms with Gasteiger partial charge in [-0.15, -0.1) is 0 Å². The van der Waals surface area contributed by atoms with Crippen molar-refractivity contribution in [3.63, 3.8) is 0 Å². The van der Waals surface area contributed by atoms with Gasteiger partial charge in [0.15, 0.2) is 11.5 Å². The van der Waals surface area contributed by atoms with E-state index in [2.05, 4.69) is 15.9 Å². The van der Waals surface area contributed by atoms with E-state index >= 15 is 0 Å². The minimum Gasteiger partial charge on any atom is -0.493 e. The smallest absolute Gasteiger partial charge is 0.293 e. The van der Waals surface area contributed by atoms with Gasteiger partial charge >= 0.3 is 0 Å². The normalized spacial score (nSPS) is 14.7. The Labute approximate surface area is 230 Å². The number of methoxy groups -OCH3 is 1. The first-order chi connectivity index (χ1) is 16.7. The number of hydrogen-bond acceptors (Lipinski definition) is 5. The molecule has 0 saturated carbocycles. The Hall–Kier alpha value is -2.16. The standard InChI is InChI=1S/C25H17BrCl3NO4S/c1-33-21-9-15(8-19(26)23(21)34-13-14-2-5-17(27)6-3-14)10-22-24(31)30(25(32)35-22)12-16-4-7-18(28)11-20(16)29/h2-11H,12-13H2,1H3/b22-10+. The van der Waals surface area contributed by atoms with E-state index in [0.717, 1.165) is 22.2 Å². The fraction of sp³-hybridized carbons (Fsp3) is 0.120. The number of thioether (sulfide) groups is 1. The van der Waals surface area contributed by atoms with Gasteiger partial charge in [0.2, 0.25) is 0 Å². The van der Waals surface area contributed by atoms with Gasteiger partial charge in [-0.3, -0.25) is 14.5 Å². The summed E-state index contributed by atoms with van der Waals surface area (Å²) in [4.78, 5) is 27.0. The summed E-state index contributed by atoms with van der Waals surface area (Å²) in [5.74, 6) is 0.598. The Morgan fingerprint density at radius 2 is 1.71 bits per heavy atom. The zero-order chi connectivity index (χ0) is 25.1. The summed E-state index contributed by atoms with van der Waals surface area (Å²) in [6, 6.07) is 15.8. The summed E-state index contributed by atoms with van der Waals surface area (Å²) < 4.78 is 12.1. The van der Waals surface area contributed by atoms with E-state index in [1.54, 1.807) is 48.5 Å². The molecule has 1 aliphatic rings. The number of halogens is 4. The van der Waals surface area contributed by atoms with Gasteiger partial charge in [0, 0.05) is 15.1 Å². The molecule has 0 N–H and O–H groups in total. The van der Waals surface area contributed by atoms with Gasteiger partial charge in [0.1, 0.15) is 6.61 Å². The molecule has 0 unspecified atom stereocenters. The lowest BCUT2D eigenvalue weighted by molar-refractivity contribution is -0.123. The Morgan fingerprint density at radius 1 is 1.00 bits per heavy atom. The zero-order valence-electron chi connectivity index (χ0n) is 18.2. The van der Waals surface area contributed by atoms with Crippen molar-refractivity contribution >= 4 is 79.7 Å². The van der Waals surface area contributed by atoms with Gasteiger partial charge < -0.3 is 9.47 Å². The molecule has 0 spiro atoms. The first-order valence-corrected chi connectivity index (χ1v) is 12.9. The molecule has 10 heteroatoms. The average molecular weight is 614 g/mol. The lowest BCUT2D eigenvalue weighted by atomic mass is 10.1. The molecule has 0 bridgehead atoms. The topological polar surface area (TPSA) is 55.8 Å². The number of ether oxygens (including phenoxy) is 2. The molecule has 4 rings (SSSR count). The summed E-state index contributed by atoms with van der Waals surface area (Å²) in [6.07, 6.45) is 1.64.